The summed E-state index contributed by atoms with van der Waals surface area (Å²) in [6.45, 7) is 2.13. The van der Waals surface area contributed by atoms with Crippen LogP contribution in [0.25, 0.3) is 0 Å². The molecular formula is C14H21ClFNO. The fourth-order valence-electron chi connectivity index (χ4n) is 2.11. The van der Waals surface area contributed by atoms with Gasteiger partial charge in [-0.05, 0) is 37.6 Å². The summed E-state index contributed by atoms with van der Waals surface area (Å²) in [7, 11) is 3.63. The third-order valence-corrected chi connectivity index (χ3v) is 3.50. The van der Waals surface area contributed by atoms with Crippen molar-refractivity contribution in [1.82, 2.24) is 5.32 Å². The average Bonchev–Trinajstić information content (AvgIpc) is 2.36. The minimum Gasteiger partial charge on any atom is -0.380 e. The van der Waals surface area contributed by atoms with Gasteiger partial charge in [-0.1, -0.05) is 31.0 Å². The van der Waals surface area contributed by atoms with E-state index in [1.165, 1.54) is 12.1 Å². The maximum absolute atomic E-state index is 13.0. The summed E-state index contributed by atoms with van der Waals surface area (Å²) in [6, 6.07) is 4.71. The molecular weight excluding hydrogens is 253 g/mol. The van der Waals surface area contributed by atoms with Crippen LogP contribution in [0, 0.1) is 5.82 Å². The maximum Gasteiger partial charge on any atom is 0.124 e. The highest BCUT2D eigenvalue weighted by atomic mass is 35.5. The molecule has 0 radical (unpaired) electrons. The molecule has 2 atom stereocenters. The standard InChI is InChI=1S/C14H21ClFNO/c1-4-5-14(18-3)13(17-2)8-10-6-7-11(16)9-12(10)15/h6-7,9,13-14,17H,4-5,8H2,1-3H3. The van der Waals surface area contributed by atoms with Crippen LogP contribution in [0.15, 0.2) is 18.2 Å². The van der Waals surface area contributed by atoms with Crippen molar-refractivity contribution in [1.29, 1.82) is 0 Å². The summed E-state index contributed by atoms with van der Waals surface area (Å²) in [4.78, 5) is 0. The maximum atomic E-state index is 13.0. The molecule has 1 rings (SSSR count). The van der Waals surface area contributed by atoms with Crippen LogP contribution in [0.1, 0.15) is 25.3 Å². The number of hydrogen-bond donors (Lipinski definition) is 1. The first-order chi connectivity index (χ1) is 8.62. The third kappa shape index (κ3) is 4.23. The van der Waals surface area contributed by atoms with Gasteiger partial charge in [0.25, 0.3) is 0 Å². The normalized spacial score (nSPS) is 14.5. The van der Waals surface area contributed by atoms with Gasteiger partial charge >= 0.3 is 0 Å². The third-order valence-electron chi connectivity index (χ3n) is 3.15. The Morgan fingerprint density at radius 1 is 1.44 bits per heavy atom. The molecule has 0 aromatic heterocycles. The van der Waals surface area contributed by atoms with E-state index < -0.39 is 0 Å². The summed E-state index contributed by atoms with van der Waals surface area (Å²) in [5.74, 6) is -0.304. The number of ether oxygens (including phenoxy) is 1. The van der Waals surface area contributed by atoms with Crippen molar-refractivity contribution in [2.45, 2.75) is 38.3 Å². The number of hydrogen-bond acceptors (Lipinski definition) is 2. The van der Waals surface area contributed by atoms with E-state index in [2.05, 4.69) is 12.2 Å². The van der Waals surface area contributed by atoms with Crippen LogP contribution in [-0.4, -0.2) is 26.3 Å². The van der Waals surface area contributed by atoms with Gasteiger partial charge in [0.15, 0.2) is 0 Å². The highest BCUT2D eigenvalue weighted by Crippen LogP contribution is 2.21. The molecule has 18 heavy (non-hydrogen) atoms. The second-order valence-electron chi connectivity index (χ2n) is 4.40. The zero-order chi connectivity index (χ0) is 13.5. The fourth-order valence-corrected chi connectivity index (χ4v) is 2.36. The Bertz CT molecular complexity index is 373. The first kappa shape index (κ1) is 15.4. The van der Waals surface area contributed by atoms with Gasteiger partial charge in [0.05, 0.1) is 6.10 Å². The van der Waals surface area contributed by atoms with Crippen LogP contribution >= 0.6 is 11.6 Å². The number of nitrogens with one attached hydrogen (secondary N) is 1. The van der Waals surface area contributed by atoms with Crippen molar-refractivity contribution >= 4 is 11.6 Å². The summed E-state index contributed by atoms with van der Waals surface area (Å²) in [5.41, 5.74) is 0.940. The summed E-state index contributed by atoms with van der Waals surface area (Å²) in [6.07, 6.45) is 2.92. The summed E-state index contributed by atoms with van der Waals surface area (Å²) < 4.78 is 18.5. The molecule has 0 fully saturated rings. The predicted molar refractivity (Wildman–Crippen MR) is 73.7 cm³/mol. The number of rotatable bonds is 7. The van der Waals surface area contributed by atoms with Gasteiger partial charge in [-0.3, -0.25) is 0 Å². The molecule has 0 amide bonds. The topological polar surface area (TPSA) is 21.3 Å². The second-order valence-corrected chi connectivity index (χ2v) is 4.81. The first-order valence-electron chi connectivity index (χ1n) is 6.26. The molecule has 0 heterocycles. The average molecular weight is 274 g/mol. The van der Waals surface area contributed by atoms with Gasteiger partial charge in [0, 0.05) is 18.2 Å². The molecule has 1 aromatic carbocycles. The molecule has 0 aliphatic carbocycles. The largest absolute Gasteiger partial charge is 0.380 e. The minimum absolute atomic E-state index is 0.140. The van der Waals surface area contributed by atoms with E-state index in [1.54, 1.807) is 13.2 Å². The van der Waals surface area contributed by atoms with Crippen LogP contribution in [0.5, 0.6) is 0 Å². The highest BCUT2D eigenvalue weighted by Gasteiger charge is 2.20. The molecule has 2 nitrogen and oxygen atoms in total. The molecule has 2 unspecified atom stereocenters. The van der Waals surface area contributed by atoms with E-state index in [0.29, 0.717) is 5.02 Å². The Kier molecular flexibility index (Phi) is 6.61. The van der Waals surface area contributed by atoms with Crippen LogP contribution in [0.4, 0.5) is 4.39 Å². The smallest absolute Gasteiger partial charge is 0.124 e. The Morgan fingerprint density at radius 3 is 2.67 bits per heavy atom. The monoisotopic (exact) mass is 273 g/mol. The Labute approximate surface area is 113 Å². The van der Waals surface area contributed by atoms with E-state index in [1.807, 2.05) is 7.05 Å². The van der Waals surface area contributed by atoms with Crippen LogP contribution in [0.2, 0.25) is 5.02 Å². The van der Waals surface area contributed by atoms with Crippen molar-refractivity contribution in [2.24, 2.45) is 0 Å². The van der Waals surface area contributed by atoms with Crippen molar-refractivity contribution in [3.05, 3.63) is 34.6 Å². The summed E-state index contributed by atoms with van der Waals surface area (Å²) >= 11 is 6.05. The van der Waals surface area contributed by atoms with Gasteiger partial charge < -0.3 is 10.1 Å². The van der Waals surface area contributed by atoms with Crippen LogP contribution < -0.4 is 5.32 Å². The van der Waals surface area contributed by atoms with Crippen molar-refractivity contribution in [3.63, 3.8) is 0 Å². The Balaban J connectivity index is 2.78. The molecule has 4 heteroatoms. The summed E-state index contributed by atoms with van der Waals surface area (Å²) in [5, 5.41) is 3.72. The Morgan fingerprint density at radius 2 is 2.17 bits per heavy atom. The van der Waals surface area contributed by atoms with E-state index >= 15 is 0 Å². The van der Waals surface area contributed by atoms with Gasteiger partial charge in [-0.2, -0.15) is 0 Å². The number of methoxy groups -OCH3 is 1. The van der Waals surface area contributed by atoms with E-state index in [0.717, 1.165) is 24.8 Å². The van der Waals surface area contributed by atoms with Crippen molar-refractivity contribution < 1.29 is 9.13 Å². The SMILES string of the molecule is CCCC(OC)C(Cc1ccc(F)cc1Cl)NC. The molecule has 1 N–H and O–H groups in total. The zero-order valence-corrected chi connectivity index (χ0v) is 11.9. The lowest BCUT2D eigenvalue weighted by Gasteiger charge is -2.26. The molecule has 0 saturated heterocycles. The van der Waals surface area contributed by atoms with Gasteiger partial charge in [0.2, 0.25) is 0 Å². The van der Waals surface area contributed by atoms with E-state index in [-0.39, 0.29) is 18.0 Å². The lowest BCUT2D eigenvalue weighted by Crippen LogP contribution is -2.40. The molecule has 102 valence electrons. The van der Waals surface area contributed by atoms with E-state index in [9.17, 15) is 4.39 Å². The van der Waals surface area contributed by atoms with E-state index in [4.69, 9.17) is 16.3 Å². The molecule has 0 saturated carbocycles. The molecule has 0 aliphatic heterocycles. The first-order valence-corrected chi connectivity index (χ1v) is 6.64. The zero-order valence-electron chi connectivity index (χ0n) is 11.2. The highest BCUT2D eigenvalue weighted by molar-refractivity contribution is 6.31. The molecule has 0 aliphatic rings. The van der Waals surface area contributed by atoms with Crippen molar-refractivity contribution in [2.75, 3.05) is 14.2 Å². The van der Waals surface area contributed by atoms with Gasteiger partial charge in [-0.15, -0.1) is 0 Å². The molecule has 0 bridgehead atoms. The van der Waals surface area contributed by atoms with Crippen LogP contribution in [0.3, 0.4) is 0 Å². The molecule has 1 aromatic rings. The molecule has 0 spiro atoms. The lowest BCUT2D eigenvalue weighted by molar-refractivity contribution is 0.0633. The number of benzene rings is 1. The van der Waals surface area contributed by atoms with Crippen molar-refractivity contribution in [3.8, 4) is 0 Å². The fraction of sp³-hybridized carbons (Fsp3) is 0.571. The minimum atomic E-state index is -0.304. The Hall–Kier alpha value is -0.640. The van der Waals surface area contributed by atoms with Gasteiger partial charge in [0.1, 0.15) is 5.82 Å². The number of halogens is 2. The quantitative estimate of drug-likeness (QED) is 0.822. The lowest BCUT2D eigenvalue weighted by atomic mass is 9.98. The second kappa shape index (κ2) is 7.72. The van der Waals surface area contributed by atoms with Gasteiger partial charge in [-0.25, -0.2) is 4.39 Å². The van der Waals surface area contributed by atoms with Crippen LogP contribution in [-0.2, 0) is 11.2 Å². The number of likely N-dealkylation sites (N-methyl/N-ethyl adjacent to an activating group) is 1. The predicted octanol–water partition coefficient (Wildman–Crippen LogP) is 3.42.